The Labute approximate surface area is 154 Å². The van der Waals surface area contributed by atoms with E-state index < -0.39 is 17.5 Å². The quantitative estimate of drug-likeness (QED) is 0.801. The van der Waals surface area contributed by atoms with E-state index in [0.29, 0.717) is 12.4 Å². The standard InChI is InChI=1S/C18H20F3N3OS/c1-10(26-2)18(25)24-8-4-3-5-14(24)17-22-9-13(23-17)11-6-7-12(19)16(21)15(11)20/h6-7,9-10,14H,3-5,8H2,1-2H3,(H,22,23). The van der Waals surface area contributed by atoms with E-state index in [1.807, 2.05) is 13.2 Å². The van der Waals surface area contributed by atoms with Gasteiger partial charge in [0.15, 0.2) is 17.5 Å². The molecule has 26 heavy (non-hydrogen) atoms. The van der Waals surface area contributed by atoms with Gasteiger partial charge in [0.1, 0.15) is 5.82 Å². The molecule has 140 valence electrons. The number of aromatic amines is 1. The Hall–Kier alpha value is -1.96. The summed E-state index contributed by atoms with van der Waals surface area (Å²) in [5.41, 5.74) is 0.168. The van der Waals surface area contributed by atoms with Crippen LogP contribution in [-0.4, -0.2) is 38.8 Å². The number of carbonyl (C=O) groups is 1. The number of imidazole rings is 1. The number of likely N-dealkylation sites (tertiary alicyclic amines) is 1. The van der Waals surface area contributed by atoms with Crippen LogP contribution in [0.4, 0.5) is 13.2 Å². The molecule has 0 radical (unpaired) electrons. The number of halogens is 3. The van der Waals surface area contributed by atoms with Gasteiger partial charge in [-0.15, -0.1) is 0 Å². The molecule has 0 bridgehead atoms. The first-order valence-electron chi connectivity index (χ1n) is 8.46. The molecular weight excluding hydrogens is 363 g/mol. The number of thioether (sulfide) groups is 1. The molecule has 1 amide bonds. The smallest absolute Gasteiger partial charge is 0.236 e. The zero-order valence-electron chi connectivity index (χ0n) is 14.6. The molecule has 2 aromatic rings. The van der Waals surface area contributed by atoms with Crippen LogP contribution in [-0.2, 0) is 4.79 Å². The topological polar surface area (TPSA) is 49.0 Å². The van der Waals surface area contributed by atoms with Crippen molar-refractivity contribution >= 4 is 17.7 Å². The van der Waals surface area contributed by atoms with Gasteiger partial charge in [0.05, 0.1) is 23.2 Å². The van der Waals surface area contributed by atoms with Gasteiger partial charge < -0.3 is 9.88 Å². The molecule has 0 saturated carbocycles. The molecular formula is C18H20F3N3OS. The Kier molecular flexibility index (Phi) is 5.60. The zero-order chi connectivity index (χ0) is 18.8. The van der Waals surface area contributed by atoms with Crippen molar-refractivity contribution < 1.29 is 18.0 Å². The molecule has 4 nitrogen and oxygen atoms in total. The number of benzene rings is 1. The van der Waals surface area contributed by atoms with Crippen molar-refractivity contribution in [2.75, 3.05) is 12.8 Å². The van der Waals surface area contributed by atoms with Crippen LogP contribution in [0.5, 0.6) is 0 Å². The Morgan fingerprint density at radius 1 is 1.31 bits per heavy atom. The number of carbonyl (C=O) groups excluding carboxylic acids is 1. The van der Waals surface area contributed by atoms with E-state index in [0.717, 1.165) is 25.3 Å². The lowest BCUT2D eigenvalue weighted by atomic mass is 10.0. The van der Waals surface area contributed by atoms with Gasteiger partial charge in [-0.3, -0.25) is 4.79 Å². The van der Waals surface area contributed by atoms with Crippen molar-refractivity contribution in [3.05, 3.63) is 41.6 Å². The molecule has 1 N–H and O–H groups in total. The van der Waals surface area contributed by atoms with Crippen LogP contribution in [0.3, 0.4) is 0 Å². The molecule has 1 fully saturated rings. The predicted octanol–water partition coefficient (Wildman–Crippen LogP) is 4.30. The summed E-state index contributed by atoms with van der Waals surface area (Å²) in [5.74, 6) is -3.43. The highest BCUT2D eigenvalue weighted by molar-refractivity contribution is 7.99. The predicted molar refractivity (Wildman–Crippen MR) is 95.2 cm³/mol. The second-order valence-electron chi connectivity index (χ2n) is 6.33. The number of aromatic nitrogens is 2. The van der Waals surface area contributed by atoms with Crippen LogP contribution in [0.25, 0.3) is 11.3 Å². The highest BCUT2D eigenvalue weighted by Crippen LogP contribution is 2.33. The van der Waals surface area contributed by atoms with Crippen LogP contribution < -0.4 is 0 Å². The van der Waals surface area contributed by atoms with Crippen molar-refractivity contribution in [2.24, 2.45) is 0 Å². The van der Waals surface area contributed by atoms with Gasteiger partial charge in [0.2, 0.25) is 5.91 Å². The fourth-order valence-corrected chi connectivity index (χ4v) is 3.53. The molecule has 2 atom stereocenters. The van der Waals surface area contributed by atoms with E-state index in [4.69, 9.17) is 0 Å². The number of hydrogen-bond donors (Lipinski definition) is 1. The lowest BCUT2D eigenvalue weighted by molar-refractivity contribution is -0.134. The van der Waals surface area contributed by atoms with Crippen LogP contribution in [0.1, 0.15) is 38.1 Å². The minimum absolute atomic E-state index is 0.0409. The highest BCUT2D eigenvalue weighted by Gasteiger charge is 2.32. The molecule has 1 aromatic heterocycles. The molecule has 3 rings (SSSR count). The third-order valence-corrected chi connectivity index (χ3v) is 5.63. The van der Waals surface area contributed by atoms with Gasteiger partial charge in [0.25, 0.3) is 0 Å². The molecule has 1 aliphatic rings. The number of H-pyrrole nitrogens is 1. The van der Waals surface area contributed by atoms with Gasteiger partial charge in [-0.05, 0) is 44.6 Å². The second-order valence-corrected chi connectivity index (χ2v) is 7.50. The van der Waals surface area contributed by atoms with Gasteiger partial charge in [-0.1, -0.05) is 0 Å². The number of rotatable bonds is 4. The van der Waals surface area contributed by atoms with Crippen LogP contribution in [0.15, 0.2) is 18.3 Å². The Morgan fingerprint density at radius 3 is 2.81 bits per heavy atom. The lowest BCUT2D eigenvalue weighted by Crippen LogP contribution is -2.42. The van der Waals surface area contributed by atoms with E-state index in [1.54, 1.807) is 4.90 Å². The number of nitrogens with zero attached hydrogens (tertiary/aromatic N) is 2. The van der Waals surface area contributed by atoms with Crippen molar-refractivity contribution in [2.45, 2.75) is 37.5 Å². The second kappa shape index (κ2) is 7.73. The summed E-state index contributed by atoms with van der Waals surface area (Å²) in [4.78, 5) is 21.7. The lowest BCUT2D eigenvalue weighted by Gasteiger charge is -2.36. The fourth-order valence-electron chi connectivity index (χ4n) is 3.19. The monoisotopic (exact) mass is 383 g/mol. The molecule has 1 aliphatic heterocycles. The molecule has 8 heteroatoms. The maximum atomic E-state index is 14.0. The summed E-state index contributed by atoms with van der Waals surface area (Å²) < 4.78 is 40.7. The third kappa shape index (κ3) is 3.47. The summed E-state index contributed by atoms with van der Waals surface area (Å²) >= 11 is 1.48. The van der Waals surface area contributed by atoms with Gasteiger partial charge >= 0.3 is 0 Å². The van der Waals surface area contributed by atoms with Crippen molar-refractivity contribution in [1.82, 2.24) is 14.9 Å². The minimum Gasteiger partial charge on any atom is -0.340 e. The van der Waals surface area contributed by atoms with Gasteiger partial charge in [-0.2, -0.15) is 11.8 Å². The molecule has 1 saturated heterocycles. The maximum absolute atomic E-state index is 14.0. The summed E-state index contributed by atoms with van der Waals surface area (Å²) in [5, 5.41) is -0.159. The van der Waals surface area contributed by atoms with E-state index in [2.05, 4.69) is 9.97 Å². The molecule has 2 heterocycles. The number of piperidine rings is 1. The van der Waals surface area contributed by atoms with Crippen molar-refractivity contribution in [3.63, 3.8) is 0 Å². The first-order chi connectivity index (χ1) is 12.4. The van der Waals surface area contributed by atoms with Gasteiger partial charge in [0, 0.05) is 12.1 Å². The Balaban J connectivity index is 1.91. The molecule has 1 aromatic carbocycles. The first-order valence-corrected chi connectivity index (χ1v) is 9.75. The summed E-state index contributed by atoms with van der Waals surface area (Å²) in [7, 11) is 0. The number of hydrogen-bond acceptors (Lipinski definition) is 3. The van der Waals surface area contributed by atoms with E-state index in [-0.39, 0.29) is 28.5 Å². The Morgan fingerprint density at radius 2 is 2.08 bits per heavy atom. The average molecular weight is 383 g/mol. The summed E-state index contributed by atoms with van der Waals surface area (Å²) in [6, 6.07) is 1.82. The molecule has 0 aliphatic carbocycles. The fraction of sp³-hybridized carbons (Fsp3) is 0.444. The number of amides is 1. The van der Waals surface area contributed by atoms with E-state index in [9.17, 15) is 18.0 Å². The minimum atomic E-state index is -1.51. The normalized spacial score (nSPS) is 18.8. The van der Waals surface area contributed by atoms with E-state index >= 15 is 0 Å². The average Bonchev–Trinajstić information content (AvgIpc) is 3.14. The zero-order valence-corrected chi connectivity index (χ0v) is 15.4. The number of nitrogens with one attached hydrogen (secondary N) is 1. The highest BCUT2D eigenvalue weighted by atomic mass is 32.2. The third-order valence-electron chi connectivity index (χ3n) is 4.72. The SMILES string of the molecule is CSC(C)C(=O)N1CCCCC1c1ncc(-c2ccc(F)c(F)c2F)[nH]1. The largest absolute Gasteiger partial charge is 0.340 e. The molecule has 2 unspecified atom stereocenters. The first kappa shape index (κ1) is 18.8. The van der Waals surface area contributed by atoms with Gasteiger partial charge in [-0.25, -0.2) is 18.2 Å². The molecule has 0 spiro atoms. The van der Waals surface area contributed by atoms with Crippen LogP contribution in [0.2, 0.25) is 0 Å². The van der Waals surface area contributed by atoms with Crippen LogP contribution >= 0.6 is 11.8 Å². The van der Waals surface area contributed by atoms with Crippen molar-refractivity contribution in [1.29, 1.82) is 0 Å². The maximum Gasteiger partial charge on any atom is 0.236 e. The summed E-state index contributed by atoms with van der Waals surface area (Å²) in [6.45, 7) is 2.51. The summed E-state index contributed by atoms with van der Waals surface area (Å²) in [6.07, 6.45) is 5.91. The Bertz CT molecular complexity index is 811. The van der Waals surface area contributed by atoms with Crippen molar-refractivity contribution in [3.8, 4) is 11.3 Å². The van der Waals surface area contributed by atoms with Crippen LogP contribution in [0, 0.1) is 17.5 Å². The van der Waals surface area contributed by atoms with E-state index in [1.165, 1.54) is 24.0 Å².